The van der Waals surface area contributed by atoms with Crippen molar-refractivity contribution in [3.63, 3.8) is 0 Å². The highest BCUT2D eigenvalue weighted by Crippen LogP contribution is 2.28. The molecule has 2 N–H and O–H groups in total. The molecule has 1 saturated carbocycles. The van der Waals surface area contributed by atoms with Crippen molar-refractivity contribution in [2.24, 2.45) is 5.92 Å². The maximum atomic E-state index is 13.3. The zero-order valence-electron chi connectivity index (χ0n) is 16.7. The molecule has 0 spiro atoms. The summed E-state index contributed by atoms with van der Waals surface area (Å²) in [5, 5.41) is 10.3. The van der Waals surface area contributed by atoms with Crippen LogP contribution >= 0.6 is 0 Å². The number of hydrogen-bond donors (Lipinski definition) is 2. The predicted molar refractivity (Wildman–Crippen MR) is 112 cm³/mol. The number of nitrogens with zero attached hydrogens (tertiary/aromatic N) is 2. The molecule has 4 rings (SSSR count). The quantitative estimate of drug-likeness (QED) is 0.592. The number of carbonyl (C=O) groups excluding carboxylic acids is 2. The van der Waals surface area contributed by atoms with Crippen LogP contribution in [0.3, 0.4) is 0 Å². The molecule has 0 aliphatic heterocycles. The van der Waals surface area contributed by atoms with Crippen molar-refractivity contribution in [3.05, 3.63) is 71.7 Å². The average Bonchev–Trinajstić information content (AvgIpc) is 3.51. The molecule has 0 atom stereocenters. The number of halogens is 1. The van der Waals surface area contributed by atoms with Crippen LogP contribution in [0.15, 0.2) is 54.7 Å². The summed E-state index contributed by atoms with van der Waals surface area (Å²) in [6, 6.07) is 13.7. The van der Waals surface area contributed by atoms with Crippen LogP contribution in [0.2, 0.25) is 0 Å². The van der Waals surface area contributed by atoms with Crippen LogP contribution in [0, 0.1) is 18.7 Å². The number of benzene rings is 2. The van der Waals surface area contributed by atoms with E-state index in [4.69, 9.17) is 0 Å². The molecular weight excluding hydrogens is 383 g/mol. The number of rotatable bonds is 7. The fraction of sp³-hybridized carbons (Fsp3) is 0.261. The molecule has 1 aliphatic carbocycles. The number of carbonyl (C=O) groups is 2. The summed E-state index contributed by atoms with van der Waals surface area (Å²) in [7, 11) is 0. The van der Waals surface area contributed by atoms with E-state index in [2.05, 4.69) is 15.7 Å². The van der Waals surface area contributed by atoms with Gasteiger partial charge in [-0.2, -0.15) is 5.10 Å². The summed E-state index contributed by atoms with van der Waals surface area (Å²) in [4.78, 5) is 24.6. The molecule has 1 heterocycles. The van der Waals surface area contributed by atoms with Crippen molar-refractivity contribution in [1.29, 1.82) is 0 Å². The van der Waals surface area contributed by atoms with Gasteiger partial charge in [-0.25, -0.2) is 9.07 Å². The van der Waals surface area contributed by atoms with Crippen LogP contribution in [0.1, 0.15) is 28.8 Å². The van der Waals surface area contributed by atoms with E-state index in [9.17, 15) is 14.0 Å². The summed E-state index contributed by atoms with van der Waals surface area (Å²) >= 11 is 0. The smallest absolute Gasteiger partial charge is 0.255 e. The van der Waals surface area contributed by atoms with Gasteiger partial charge in [0.2, 0.25) is 5.91 Å². The van der Waals surface area contributed by atoms with Crippen molar-refractivity contribution in [2.75, 3.05) is 13.1 Å². The second kappa shape index (κ2) is 8.49. The first-order chi connectivity index (χ1) is 14.5. The van der Waals surface area contributed by atoms with E-state index in [0.29, 0.717) is 30.0 Å². The van der Waals surface area contributed by atoms with Gasteiger partial charge in [0.05, 0.1) is 11.3 Å². The first kappa shape index (κ1) is 19.8. The zero-order chi connectivity index (χ0) is 21.1. The van der Waals surface area contributed by atoms with Crippen LogP contribution in [-0.2, 0) is 4.79 Å². The van der Waals surface area contributed by atoms with Crippen LogP contribution in [-0.4, -0.2) is 34.7 Å². The Balaban J connectivity index is 1.54. The maximum Gasteiger partial charge on any atom is 0.255 e. The fourth-order valence-electron chi connectivity index (χ4n) is 3.14. The fourth-order valence-corrected chi connectivity index (χ4v) is 3.14. The van der Waals surface area contributed by atoms with Crippen LogP contribution in [0.25, 0.3) is 16.9 Å². The molecule has 1 aromatic heterocycles. The third kappa shape index (κ3) is 4.56. The molecule has 0 radical (unpaired) electrons. The number of aromatic nitrogens is 2. The summed E-state index contributed by atoms with van der Waals surface area (Å²) in [6.07, 6.45) is 3.53. The molecule has 2 amide bonds. The van der Waals surface area contributed by atoms with E-state index < -0.39 is 0 Å². The Hall–Kier alpha value is -3.48. The summed E-state index contributed by atoms with van der Waals surface area (Å²) < 4.78 is 14.8. The van der Waals surface area contributed by atoms with Crippen LogP contribution in [0.5, 0.6) is 0 Å². The Morgan fingerprint density at radius 3 is 2.37 bits per heavy atom. The van der Waals surface area contributed by atoms with Gasteiger partial charge in [-0.05, 0) is 44.0 Å². The summed E-state index contributed by atoms with van der Waals surface area (Å²) in [5.74, 6) is -0.424. The Morgan fingerprint density at radius 1 is 1.03 bits per heavy atom. The molecular formula is C23H23FN4O2. The highest BCUT2D eigenvalue weighted by atomic mass is 19.1. The minimum Gasteiger partial charge on any atom is -0.354 e. The minimum absolute atomic E-state index is 0.0497. The van der Waals surface area contributed by atoms with Crippen molar-refractivity contribution >= 4 is 11.8 Å². The lowest BCUT2D eigenvalue weighted by Crippen LogP contribution is -2.35. The highest BCUT2D eigenvalue weighted by molar-refractivity contribution is 6.00. The van der Waals surface area contributed by atoms with Crippen molar-refractivity contribution in [3.8, 4) is 16.9 Å². The molecule has 0 unspecified atom stereocenters. The number of aryl methyl sites for hydroxylation is 1. The summed E-state index contributed by atoms with van der Waals surface area (Å²) in [6.45, 7) is 2.70. The zero-order valence-corrected chi connectivity index (χ0v) is 16.7. The molecule has 6 nitrogen and oxygen atoms in total. The predicted octanol–water partition coefficient (Wildman–Crippen LogP) is 3.24. The lowest BCUT2D eigenvalue weighted by atomic mass is 10.1. The molecule has 1 aliphatic rings. The molecule has 0 saturated heterocycles. The second-order valence-electron chi connectivity index (χ2n) is 7.50. The summed E-state index contributed by atoms with van der Waals surface area (Å²) in [5.41, 5.74) is 3.53. The van der Waals surface area contributed by atoms with E-state index in [0.717, 1.165) is 24.0 Å². The van der Waals surface area contributed by atoms with Gasteiger partial charge in [0.1, 0.15) is 11.5 Å². The third-order valence-electron chi connectivity index (χ3n) is 5.03. The van der Waals surface area contributed by atoms with Crippen LogP contribution < -0.4 is 10.6 Å². The lowest BCUT2D eigenvalue weighted by molar-refractivity contribution is -0.122. The minimum atomic E-state index is -0.337. The van der Waals surface area contributed by atoms with Gasteiger partial charge in [0, 0.05) is 30.8 Å². The molecule has 1 fully saturated rings. The normalized spacial score (nSPS) is 13.1. The van der Waals surface area contributed by atoms with Gasteiger partial charge in [-0.3, -0.25) is 9.59 Å². The molecule has 7 heteroatoms. The largest absolute Gasteiger partial charge is 0.354 e. The number of hydrogen-bond acceptors (Lipinski definition) is 3. The molecule has 3 aromatic rings. The van der Waals surface area contributed by atoms with Gasteiger partial charge in [-0.1, -0.05) is 29.8 Å². The van der Waals surface area contributed by atoms with Crippen molar-refractivity contribution in [2.45, 2.75) is 19.8 Å². The van der Waals surface area contributed by atoms with E-state index >= 15 is 0 Å². The van der Waals surface area contributed by atoms with Crippen LogP contribution in [0.4, 0.5) is 4.39 Å². The first-order valence-electron chi connectivity index (χ1n) is 10.00. The van der Waals surface area contributed by atoms with Gasteiger partial charge < -0.3 is 10.6 Å². The molecule has 30 heavy (non-hydrogen) atoms. The first-order valence-corrected chi connectivity index (χ1v) is 10.00. The van der Waals surface area contributed by atoms with Gasteiger partial charge >= 0.3 is 0 Å². The van der Waals surface area contributed by atoms with Gasteiger partial charge in [0.25, 0.3) is 5.91 Å². The second-order valence-corrected chi connectivity index (χ2v) is 7.50. The number of nitrogens with one attached hydrogen (secondary N) is 2. The Labute approximate surface area is 174 Å². The average molecular weight is 406 g/mol. The Morgan fingerprint density at radius 2 is 1.70 bits per heavy atom. The number of amides is 2. The van der Waals surface area contributed by atoms with E-state index in [-0.39, 0.29) is 23.5 Å². The maximum absolute atomic E-state index is 13.3. The molecule has 154 valence electrons. The molecule has 0 bridgehead atoms. The monoisotopic (exact) mass is 406 g/mol. The SMILES string of the molecule is Cc1ccc(-c2nn(-c3ccc(F)cc3)cc2C(=O)NCCNC(=O)C2CC2)cc1. The van der Waals surface area contributed by atoms with E-state index in [1.54, 1.807) is 23.0 Å². The Kier molecular flexibility index (Phi) is 5.61. The van der Waals surface area contributed by atoms with Gasteiger partial charge in [0.15, 0.2) is 0 Å². The molecule has 2 aromatic carbocycles. The van der Waals surface area contributed by atoms with E-state index in [1.165, 1.54) is 12.1 Å². The highest BCUT2D eigenvalue weighted by Gasteiger charge is 2.29. The standard InChI is InChI=1S/C23H23FN4O2/c1-15-2-4-16(5-3-15)21-20(14-28(27-21)19-10-8-18(24)9-11-19)23(30)26-13-12-25-22(29)17-6-7-17/h2-5,8-11,14,17H,6-7,12-13H2,1H3,(H,25,29)(H,26,30). The van der Waals surface area contributed by atoms with E-state index in [1.807, 2.05) is 31.2 Å². The van der Waals surface area contributed by atoms with Crippen molar-refractivity contribution < 1.29 is 14.0 Å². The third-order valence-corrected chi connectivity index (χ3v) is 5.03. The van der Waals surface area contributed by atoms with Gasteiger partial charge in [-0.15, -0.1) is 0 Å². The topological polar surface area (TPSA) is 76.0 Å². The Bertz CT molecular complexity index is 1050. The lowest BCUT2D eigenvalue weighted by Gasteiger charge is -2.07. The van der Waals surface area contributed by atoms with Crippen molar-refractivity contribution in [1.82, 2.24) is 20.4 Å².